The van der Waals surface area contributed by atoms with Gasteiger partial charge in [-0.2, -0.15) is 0 Å². The highest BCUT2D eigenvalue weighted by atomic mass is 32.2. The molecule has 2 N–H and O–H groups in total. The van der Waals surface area contributed by atoms with E-state index in [-0.39, 0.29) is 11.7 Å². The summed E-state index contributed by atoms with van der Waals surface area (Å²) in [6, 6.07) is 4.59. The van der Waals surface area contributed by atoms with E-state index in [4.69, 9.17) is 14.2 Å². The van der Waals surface area contributed by atoms with Gasteiger partial charge in [0, 0.05) is 18.9 Å². The third kappa shape index (κ3) is 6.96. The Kier molecular flexibility index (Phi) is 7.87. The van der Waals surface area contributed by atoms with E-state index in [0.29, 0.717) is 22.2 Å². The Balaban J connectivity index is 1.92. The summed E-state index contributed by atoms with van der Waals surface area (Å²) in [7, 11) is 0.384. The first-order valence-electron chi connectivity index (χ1n) is 8.09. The van der Waals surface area contributed by atoms with Crippen LogP contribution in [0, 0.1) is 0 Å². The SMILES string of the molecule is COCc1nnc(NC(=O)CS(=O)(=O)CC(=O)Nc2ccc(OC)c(OC)c2)s1. The number of carbonyl (C=O) groups excluding carboxylic acids is 2. The van der Waals surface area contributed by atoms with Crippen molar-refractivity contribution in [2.45, 2.75) is 6.61 Å². The predicted molar refractivity (Wildman–Crippen MR) is 106 cm³/mol. The smallest absolute Gasteiger partial charge is 0.241 e. The van der Waals surface area contributed by atoms with Crippen LogP contribution in [0.4, 0.5) is 10.8 Å². The standard InChI is InChI=1S/C16H20N4O7S2/c1-25-7-15-19-20-16(28-15)18-14(22)9-29(23,24)8-13(21)17-10-4-5-11(26-2)12(6-10)27-3/h4-6H,7-9H2,1-3H3,(H,17,21)(H,18,20,22). The normalized spacial score (nSPS) is 11.0. The number of nitrogens with one attached hydrogen (secondary N) is 2. The van der Waals surface area contributed by atoms with E-state index in [1.54, 1.807) is 6.07 Å². The minimum atomic E-state index is -4.00. The first-order chi connectivity index (χ1) is 13.8. The molecule has 0 fully saturated rings. The molecule has 2 amide bonds. The third-order valence-electron chi connectivity index (χ3n) is 3.35. The molecule has 0 aliphatic carbocycles. The lowest BCUT2D eigenvalue weighted by Crippen LogP contribution is -2.30. The van der Waals surface area contributed by atoms with Gasteiger partial charge in [-0.1, -0.05) is 11.3 Å². The number of hydrogen-bond acceptors (Lipinski definition) is 10. The van der Waals surface area contributed by atoms with Crippen molar-refractivity contribution in [2.24, 2.45) is 0 Å². The van der Waals surface area contributed by atoms with Gasteiger partial charge in [0.2, 0.25) is 16.9 Å². The Bertz CT molecular complexity index is 975. The summed E-state index contributed by atoms with van der Waals surface area (Å²) in [5.74, 6) is -2.50. The summed E-state index contributed by atoms with van der Waals surface area (Å²) < 4.78 is 39.4. The Morgan fingerprint density at radius 3 is 2.28 bits per heavy atom. The molecule has 0 radical (unpaired) electrons. The van der Waals surface area contributed by atoms with Crippen molar-refractivity contribution >= 4 is 43.8 Å². The van der Waals surface area contributed by atoms with E-state index in [9.17, 15) is 18.0 Å². The van der Waals surface area contributed by atoms with Crippen LogP contribution in [0.3, 0.4) is 0 Å². The zero-order valence-electron chi connectivity index (χ0n) is 15.9. The van der Waals surface area contributed by atoms with E-state index >= 15 is 0 Å². The largest absolute Gasteiger partial charge is 0.493 e. The van der Waals surface area contributed by atoms with Crippen molar-refractivity contribution in [3.8, 4) is 11.5 Å². The van der Waals surface area contributed by atoms with Gasteiger partial charge in [-0.25, -0.2) is 8.42 Å². The van der Waals surface area contributed by atoms with Crippen LogP contribution in [-0.4, -0.2) is 63.3 Å². The lowest BCUT2D eigenvalue weighted by atomic mass is 10.2. The second-order valence-electron chi connectivity index (χ2n) is 5.63. The molecule has 0 saturated carbocycles. The van der Waals surface area contributed by atoms with E-state index in [0.717, 1.165) is 11.3 Å². The number of carbonyl (C=O) groups is 2. The maximum atomic E-state index is 12.1. The molecule has 0 atom stereocenters. The molecule has 0 aliphatic heterocycles. The first kappa shape index (κ1) is 22.5. The van der Waals surface area contributed by atoms with Crippen LogP contribution < -0.4 is 20.1 Å². The maximum Gasteiger partial charge on any atom is 0.241 e. The Morgan fingerprint density at radius 2 is 1.66 bits per heavy atom. The quantitative estimate of drug-likeness (QED) is 0.540. The van der Waals surface area contributed by atoms with Gasteiger partial charge < -0.3 is 19.5 Å². The number of benzene rings is 1. The van der Waals surface area contributed by atoms with Gasteiger partial charge in [0.1, 0.15) is 23.1 Å². The Labute approximate surface area is 171 Å². The molecule has 0 unspecified atom stereocenters. The monoisotopic (exact) mass is 444 g/mol. The molecule has 158 valence electrons. The summed E-state index contributed by atoms with van der Waals surface area (Å²) in [6.07, 6.45) is 0. The van der Waals surface area contributed by atoms with Crippen molar-refractivity contribution in [1.29, 1.82) is 0 Å². The van der Waals surface area contributed by atoms with Crippen LogP contribution in [0.2, 0.25) is 0 Å². The molecule has 1 aromatic heterocycles. The summed E-state index contributed by atoms with van der Waals surface area (Å²) in [5.41, 5.74) is 0.326. The van der Waals surface area contributed by atoms with Crippen molar-refractivity contribution in [2.75, 3.05) is 43.5 Å². The minimum Gasteiger partial charge on any atom is -0.493 e. The van der Waals surface area contributed by atoms with E-state index in [2.05, 4.69) is 20.8 Å². The van der Waals surface area contributed by atoms with Crippen molar-refractivity contribution < 1.29 is 32.2 Å². The zero-order chi connectivity index (χ0) is 21.4. The molecule has 0 spiro atoms. The lowest BCUT2D eigenvalue weighted by molar-refractivity contribution is -0.114. The molecular weight excluding hydrogens is 424 g/mol. The number of hydrogen-bond donors (Lipinski definition) is 2. The number of anilines is 2. The second-order valence-corrected chi connectivity index (χ2v) is 8.76. The summed E-state index contributed by atoms with van der Waals surface area (Å²) in [5, 5.41) is 12.9. The molecule has 2 rings (SSSR count). The zero-order valence-corrected chi connectivity index (χ0v) is 17.6. The van der Waals surface area contributed by atoms with Crippen LogP contribution in [-0.2, 0) is 30.8 Å². The lowest BCUT2D eigenvalue weighted by Gasteiger charge is -2.10. The summed E-state index contributed by atoms with van der Waals surface area (Å²) >= 11 is 1.06. The van der Waals surface area contributed by atoms with Crippen LogP contribution in [0.1, 0.15) is 5.01 Å². The molecule has 0 bridgehead atoms. The molecule has 0 saturated heterocycles. The number of methoxy groups -OCH3 is 3. The number of amides is 2. The fourth-order valence-corrected chi connectivity index (χ4v) is 3.98. The van der Waals surface area contributed by atoms with Gasteiger partial charge in [-0.05, 0) is 12.1 Å². The van der Waals surface area contributed by atoms with Crippen LogP contribution >= 0.6 is 11.3 Å². The first-order valence-corrected chi connectivity index (χ1v) is 10.7. The molecule has 13 heteroatoms. The van der Waals surface area contributed by atoms with Gasteiger partial charge >= 0.3 is 0 Å². The molecule has 2 aromatic rings. The van der Waals surface area contributed by atoms with Crippen molar-refractivity contribution in [3.05, 3.63) is 23.2 Å². The van der Waals surface area contributed by atoms with Crippen LogP contribution in [0.25, 0.3) is 0 Å². The number of rotatable bonds is 10. The molecular formula is C16H20N4O7S2. The minimum absolute atomic E-state index is 0.145. The highest BCUT2D eigenvalue weighted by Crippen LogP contribution is 2.29. The van der Waals surface area contributed by atoms with Crippen LogP contribution in [0.5, 0.6) is 11.5 Å². The average Bonchev–Trinajstić information content (AvgIpc) is 3.07. The Morgan fingerprint density at radius 1 is 1.00 bits per heavy atom. The van der Waals surface area contributed by atoms with Gasteiger partial charge in [0.05, 0.1) is 14.2 Å². The van der Waals surface area contributed by atoms with Gasteiger partial charge in [-0.3, -0.25) is 14.9 Å². The van der Waals surface area contributed by atoms with Crippen LogP contribution in [0.15, 0.2) is 18.2 Å². The molecule has 1 aromatic carbocycles. The molecule has 11 nitrogen and oxygen atoms in total. The summed E-state index contributed by atoms with van der Waals surface area (Å²) in [4.78, 5) is 24.0. The van der Waals surface area contributed by atoms with Crippen molar-refractivity contribution in [1.82, 2.24) is 10.2 Å². The van der Waals surface area contributed by atoms with Crippen molar-refractivity contribution in [3.63, 3.8) is 0 Å². The topological polar surface area (TPSA) is 146 Å². The fourth-order valence-electron chi connectivity index (χ4n) is 2.20. The molecule has 0 aliphatic rings. The predicted octanol–water partition coefficient (Wildman–Crippen LogP) is 0.694. The average molecular weight is 444 g/mol. The Hall–Kier alpha value is -2.77. The second kappa shape index (κ2) is 10.1. The van der Waals surface area contributed by atoms with Gasteiger partial charge in [0.15, 0.2) is 21.3 Å². The highest BCUT2D eigenvalue weighted by Gasteiger charge is 2.22. The third-order valence-corrected chi connectivity index (χ3v) is 5.57. The summed E-state index contributed by atoms with van der Waals surface area (Å²) in [6.45, 7) is 0.224. The van der Waals surface area contributed by atoms with E-state index in [1.165, 1.54) is 33.5 Å². The molecule has 1 heterocycles. The fraction of sp³-hybridized carbons (Fsp3) is 0.375. The number of sulfone groups is 1. The highest BCUT2D eigenvalue weighted by molar-refractivity contribution is 7.92. The molecule has 29 heavy (non-hydrogen) atoms. The van der Waals surface area contributed by atoms with Gasteiger partial charge in [0.25, 0.3) is 0 Å². The van der Waals surface area contributed by atoms with E-state index in [1.807, 2.05) is 0 Å². The number of aromatic nitrogens is 2. The van der Waals surface area contributed by atoms with Gasteiger partial charge in [-0.15, -0.1) is 10.2 Å². The number of ether oxygens (including phenoxy) is 3. The number of nitrogens with zero attached hydrogens (tertiary/aromatic N) is 2. The maximum absolute atomic E-state index is 12.1. The van der Waals surface area contributed by atoms with E-state index < -0.39 is 33.2 Å².